The predicted octanol–water partition coefficient (Wildman–Crippen LogP) is 3.28. The maximum atomic E-state index is 12.9. The Kier molecular flexibility index (Phi) is 5.35. The second-order valence-corrected chi connectivity index (χ2v) is 6.85. The summed E-state index contributed by atoms with van der Waals surface area (Å²) < 4.78 is 0. The Morgan fingerprint density at radius 2 is 1.92 bits per heavy atom. The van der Waals surface area contributed by atoms with Crippen molar-refractivity contribution in [3.05, 3.63) is 42.7 Å². The third-order valence-electron chi connectivity index (χ3n) is 5.43. The fourth-order valence-electron chi connectivity index (χ4n) is 4.07. The standard InChI is InChI=1S/C19H22N4O.ClH/c24-18(19-9-5-4-8-15(19)10-20-13-19)23-16-11-21-17(22-12-16)14-6-2-1-3-7-14;/h1-3,6-7,11-12,15,20H,4-5,8-10,13H2,(H,23,24);1H/t15-,19+;/m0./s1. The summed E-state index contributed by atoms with van der Waals surface area (Å²) in [7, 11) is 0. The molecule has 1 aromatic heterocycles. The van der Waals surface area contributed by atoms with Crippen LogP contribution in [0.3, 0.4) is 0 Å². The van der Waals surface area contributed by atoms with Crippen molar-refractivity contribution in [3.63, 3.8) is 0 Å². The van der Waals surface area contributed by atoms with Gasteiger partial charge in [-0.2, -0.15) is 0 Å². The molecule has 2 aliphatic rings. The summed E-state index contributed by atoms with van der Waals surface area (Å²) in [5, 5.41) is 6.46. The Morgan fingerprint density at radius 3 is 2.68 bits per heavy atom. The highest BCUT2D eigenvalue weighted by atomic mass is 35.5. The van der Waals surface area contributed by atoms with Crippen molar-refractivity contribution in [2.45, 2.75) is 25.7 Å². The highest BCUT2D eigenvalue weighted by Crippen LogP contribution is 2.44. The van der Waals surface area contributed by atoms with Crippen LogP contribution in [0.25, 0.3) is 11.4 Å². The molecule has 1 saturated heterocycles. The molecular weight excluding hydrogens is 336 g/mol. The smallest absolute Gasteiger partial charge is 0.232 e. The molecule has 1 saturated carbocycles. The van der Waals surface area contributed by atoms with Crippen LogP contribution in [-0.4, -0.2) is 29.0 Å². The highest BCUT2D eigenvalue weighted by molar-refractivity contribution is 5.96. The monoisotopic (exact) mass is 358 g/mol. The zero-order valence-corrected chi connectivity index (χ0v) is 14.9. The van der Waals surface area contributed by atoms with Gasteiger partial charge in [0.25, 0.3) is 0 Å². The van der Waals surface area contributed by atoms with Crippen LogP contribution in [0.5, 0.6) is 0 Å². The van der Waals surface area contributed by atoms with Crippen molar-refractivity contribution >= 4 is 24.0 Å². The minimum absolute atomic E-state index is 0. The van der Waals surface area contributed by atoms with Crippen molar-refractivity contribution in [1.82, 2.24) is 15.3 Å². The number of halogens is 1. The molecule has 1 aromatic carbocycles. The van der Waals surface area contributed by atoms with E-state index in [0.717, 1.165) is 37.9 Å². The lowest BCUT2D eigenvalue weighted by Crippen LogP contribution is -2.44. The largest absolute Gasteiger partial charge is 0.323 e. The van der Waals surface area contributed by atoms with Gasteiger partial charge in [0.1, 0.15) is 0 Å². The van der Waals surface area contributed by atoms with E-state index in [1.54, 1.807) is 12.4 Å². The van der Waals surface area contributed by atoms with E-state index in [0.29, 0.717) is 17.4 Å². The fourth-order valence-corrected chi connectivity index (χ4v) is 4.07. The number of hydrogen-bond acceptors (Lipinski definition) is 4. The maximum Gasteiger partial charge on any atom is 0.232 e. The SMILES string of the molecule is Cl.O=C(Nc1cnc(-c2ccccc2)nc1)[C@@]12CCCC[C@H]1CNC2. The number of anilines is 1. The van der Waals surface area contributed by atoms with Gasteiger partial charge in [-0.3, -0.25) is 4.79 Å². The molecule has 2 aromatic rings. The molecular formula is C19H23ClN4O. The first-order valence-electron chi connectivity index (χ1n) is 8.68. The predicted molar refractivity (Wildman–Crippen MR) is 101 cm³/mol. The molecule has 5 nitrogen and oxygen atoms in total. The second kappa shape index (κ2) is 7.50. The Labute approximate surface area is 154 Å². The lowest BCUT2D eigenvalue weighted by atomic mass is 9.67. The lowest BCUT2D eigenvalue weighted by molar-refractivity contribution is -0.128. The van der Waals surface area contributed by atoms with Gasteiger partial charge in [-0.1, -0.05) is 43.2 Å². The zero-order chi connectivity index (χ0) is 16.4. The third-order valence-corrected chi connectivity index (χ3v) is 5.43. The first-order chi connectivity index (χ1) is 11.8. The van der Waals surface area contributed by atoms with Gasteiger partial charge in [-0.25, -0.2) is 9.97 Å². The van der Waals surface area contributed by atoms with Crippen molar-refractivity contribution in [2.75, 3.05) is 18.4 Å². The van der Waals surface area contributed by atoms with E-state index in [2.05, 4.69) is 20.6 Å². The number of nitrogens with one attached hydrogen (secondary N) is 2. The summed E-state index contributed by atoms with van der Waals surface area (Å²) in [6.45, 7) is 1.74. The van der Waals surface area contributed by atoms with Crippen LogP contribution in [-0.2, 0) is 4.79 Å². The van der Waals surface area contributed by atoms with E-state index in [-0.39, 0.29) is 23.7 Å². The van der Waals surface area contributed by atoms with E-state index in [4.69, 9.17) is 0 Å². The molecule has 4 rings (SSSR count). The van der Waals surface area contributed by atoms with Gasteiger partial charge in [0.15, 0.2) is 5.82 Å². The van der Waals surface area contributed by atoms with Gasteiger partial charge >= 0.3 is 0 Å². The highest BCUT2D eigenvalue weighted by Gasteiger charge is 2.49. The topological polar surface area (TPSA) is 66.9 Å². The first-order valence-corrected chi connectivity index (χ1v) is 8.68. The van der Waals surface area contributed by atoms with Crippen LogP contribution < -0.4 is 10.6 Å². The Bertz CT molecular complexity index is 722. The number of carbonyl (C=O) groups is 1. The number of rotatable bonds is 3. The van der Waals surface area contributed by atoms with E-state index in [1.807, 2.05) is 30.3 Å². The van der Waals surface area contributed by atoms with Crippen LogP contribution in [0.1, 0.15) is 25.7 Å². The van der Waals surface area contributed by atoms with Gasteiger partial charge in [0.2, 0.25) is 5.91 Å². The average molecular weight is 359 g/mol. The zero-order valence-electron chi connectivity index (χ0n) is 14.1. The number of hydrogen-bond donors (Lipinski definition) is 2. The molecule has 25 heavy (non-hydrogen) atoms. The Morgan fingerprint density at radius 1 is 1.16 bits per heavy atom. The molecule has 1 aliphatic heterocycles. The summed E-state index contributed by atoms with van der Waals surface area (Å²) in [5.74, 6) is 1.24. The lowest BCUT2D eigenvalue weighted by Gasteiger charge is -2.37. The molecule has 6 heteroatoms. The minimum Gasteiger partial charge on any atom is -0.323 e. The number of amides is 1. The summed E-state index contributed by atoms with van der Waals surface area (Å²) in [4.78, 5) is 21.7. The van der Waals surface area contributed by atoms with Crippen molar-refractivity contribution in [1.29, 1.82) is 0 Å². The summed E-state index contributed by atoms with van der Waals surface area (Å²) in [6.07, 6.45) is 7.88. The molecule has 0 bridgehead atoms. The molecule has 1 aliphatic carbocycles. The van der Waals surface area contributed by atoms with E-state index >= 15 is 0 Å². The van der Waals surface area contributed by atoms with E-state index < -0.39 is 0 Å². The number of carbonyl (C=O) groups excluding carboxylic acids is 1. The molecule has 2 N–H and O–H groups in total. The number of aromatic nitrogens is 2. The van der Waals surface area contributed by atoms with Crippen LogP contribution >= 0.6 is 12.4 Å². The van der Waals surface area contributed by atoms with Crippen LogP contribution in [0, 0.1) is 11.3 Å². The van der Waals surface area contributed by atoms with Crippen LogP contribution in [0.2, 0.25) is 0 Å². The van der Waals surface area contributed by atoms with Crippen molar-refractivity contribution < 1.29 is 4.79 Å². The van der Waals surface area contributed by atoms with Gasteiger partial charge in [0.05, 0.1) is 23.5 Å². The molecule has 2 atom stereocenters. The number of benzene rings is 1. The molecule has 2 fully saturated rings. The van der Waals surface area contributed by atoms with Gasteiger partial charge in [0, 0.05) is 12.1 Å². The summed E-state index contributed by atoms with van der Waals surface area (Å²) in [5.41, 5.74) is 1.39. The van der Waals surface area contributed by atoms with Crippen molar-refractivity contribution in [2.24, 2.45) is 11.3 Å². The average Bonchev–Trinajstić information content (AvgIpc) is 3.08. The molecule has 0 spiro atoms. The fraction of sp³-hybridized carbons (Fsp3) is 0.421. The van der Waals surface area contributed by atoms with Gasteiger partial charge in [-0.05, 0) is 25.3 Å². The molecule has 0 unspecified atom stereocenters. The Balaban J connectivity index is 0.00000182. The quantitative estimate of drug-likeness (QED) is 0.883. The van der Waals surface area contributed by atoms with Gasteiger partial charge < -0.3 is 10.6 Å². The maximum absolute atomic E-state index is 12.9. The number of fused-ring (bicyclic) bond motifs is 1. The van der Waals surface area contributed by atoms with Crippen LogP contribution in [0.15, 0.2) is 42.7 Å². The number of nitrogens with zero attached hydrogens (tertiary/aromatic N) is 2. The van der Waals surface area contributed by atoms with Crippen molar-refractivity contribution in [3.8, 4) is 11.4 Å². The van der Waals surface area contributed by atoms with E-state index in [9.17, 15) is 4.79 Å². The first kappa shape index (κ1) is 17.8. The summed E-state index contributed by atoms with van der Waals surface area (Å²) >= 11 is 0. The van der Waals surface area contributed by atoms with Crippen LogP contribution in [0.4, 0.5) is 5.69 Å². The summed E-state index contributed by atoms with van der Waals surface area (Å²) in [6, 6.07) is 9.84. The minimum atomic E-state index is -0.254. The van der Waals surface area contributed by atoms with Gasteiger partial charge in [-0.15, -0.1) is 12.4 Å². The van der Waals surface area contributed by atoms with E-state index in [1.165, 1.54) is 6.42 Å². The normalized spacial score (nSPS) is 24.9. The molecule has 0 radical (unpaired) electrons. The Hall–Kier alpha value is -1.98. The third kappa shape index (κ3) is 3.39. The molecule has 2 heterocycles. The molecule has 1 amide bonds. The molecule has 132 valence electrons. The second-order valence-electron chi connectivity index (χ2n) is 6.85.